The zero-order valence-electron chi connectivity index (χ0n) is 14.1. The lowest BCUT2D eigenvalue weighted by Crippen LogP contribution is -2.35. The topological polar surface area (TPSA) is 86.0 Å². The zero-order valence-corrected chi connectivity index (χ0v) is 14.1. The molecule has 1 unspecified atom stereocenters. The zero-order chi connectivity index (χ0) is 19.9. The first-order valence-corrected chi connectivity index (χ1v) is 8.14. The van der Waals surface area contributed by atoms with Gasteiger partial charge < -0.3 is 0 Å². The Bertz CT molecular complexity index is 1090. The van der Waals surface area contributed by atoms with Gasteiger partial charge >= 0.3 is 12.2 Å². The molecule has 140 valence electrons. The van der Waals surface area contributed by atoms with Crippen LogP contribution in [-0.4, -0.2) is 33.8 Å². The Labute approximate surface area is 156 Å². The Balaban J connectivity index is 1.73. The van der Waals surface area contributed by atoms with Crippen molar-refractivity contribution >= 4 is 28.3 Å². The highest BCUT2D eigenvalue weighted by molar-refractivity contribution is 6.11. The SMILES string of the molecule is N#CC1CN(c2ccc(C(F)(F)F)nn2)C(=O)N1c1cncc2ccccc12. The maximum Gasteiger partial charge on any atom is 0.435 e. The van der Waals surface area contributed by atoms with E-state index in [4.69, 9.17) is 0 Å². The number of rotatable bonds is 2. The summed E-state index contributed by atoms with van der Waals surface area (Å²) in [5.74, 6) is -0.0612. The normalized spacial score (nSPS) is 17.2. The summed E-state index contributed by atoms with van der Waals surface area (Å²) >= 11 is 0. The Morgan fingerprint density at radius 2 is 1.89 bits per heavy atom. The molecule has 4 rings (SSSR count). The summed E-state index contributed by atoms with van der Waals surface area (Å²) in [7, 11) is 0. The van der Waals surface area contributed by atoms with Crippen LogP contribution in [0.5, 0.6) is 0 Å². The maximum absolute atomic E-state index is 13.0. The van der Waals surface area contributed by atoms with Gasteiger partial charge in [-0.15, -0.1) is 10.2 Å². The van der Waals surface area contributed by atoms with E-state index >= 15 is 0 Å². The van der Waals surface area contributed by atoms with E-state index in [2.05, 4.69) is 21.3 Å². The van der Waals surface area contributed by atoms with Gasteiger partial charge in [0.15, 0.2) is 11.5 Å². The van der Waals surface area contributed by atoms with Gasteiger partial charge in [0.05, 0.1) is 24.5 Å². The van der Waals surface area contributed by atoms with Crippen LogP contribution in [0.1, 0.15) is 5.69 Å². The fourth-order valence-corrected chi connectivity index (χ4v) is 3.07. The summed E-state index contributed by atoms with van der Waals surface area (Å²) in [6.07, 6.45) is -1.51. The average molecular weight is 384 g/mol. The maximum atomic E-state index is 13.0. The predicted octanol–water partition coefficient (Wildman–Crippen LogP) is 3.38. The molecule has 10 heteroatoms. The number of carbonyl (C=O) groups excluding carboxylic acids is 1. The van der Waals surface area contributed by atoms with Crippen LogP contribution in [0.25, 0.3) is 10.8 Å². The summed E-state index contributed by atoms with van der Waals surface area (Å²) < 4.78 is 38.0. The Kier molecular flexibility index (Phi) is 4.07. The van der Waals surface area contributed by atoms with Gasteiger partial charge in [0.25, 0.3) is 0 Å². The molecule has 1 aliphatic rings. The van der Waals surface area contributed by atoms with Gasteiger partial charge in [-0.3, -0.25) is 14.8 Å². The number of nitriles is 1. The lowest BCUT2D eigenvalue weighted by molar-refractivity contribution is -0.141. The Morgan fingerprint density at radius 3 is 2.57 bits per heavy atom. The number of nitrogens with zero attached hydrogens (tertiary/aromatic N) is 6. The van der Waals surface area contributed by atoms with Crippen molar-refractivity contribution in [2.45, 2.75) is 12.2 Å². The lowest BCUT2D eigenvalue weighted by Gasteiger charge is -2.20. The summed E-state index contributed by atoms with van der Waals surface area (Å²) in [4.78, 5) is 19.5. The summed E-state index contributed by atoms with van der Waals surface area (Å²) in [6.45, 7) is -0.0569. The van der Waals surface area contributed by atoms with E-state index in [-0.39, 0.29) is 12.4 Å². The van der Waals surface area contributed by atoms with Crippen molar-refractivity contribution in [2.24, 2.45) is 0 Å². The number of hydrogen-bond donors (Lipinski definition) is 0. The first-order valence-electron chi connectivity index (χ1n) is 8.14. The molecule has 3 heterocycles. The third-order valence-electron chi connectivity index (χ3n) is 4.38. The Hall–Kier alpha value is -3.74. The number of halogens is 3. The number of fused-ring (bicyclic) bond motifs is 1. The number of hydrogen-bond acceptors (Lipinski definition) is 5. The minimum Gasteiger partial charge on any atom is -0.273 e. The first-order chi connectivity index (χ1) is 13.4. The van der Waals surface area contributed by atoms with Gasteiger partial charge in [-0.1, -0.05) is 24.3 Å². The quantitative estimate of drug-likeness (QED) is 0.676. The van der Waals surface area contributed by atoms with Crippen LogP contribution in [0, 0.1) is 11.3 Å². The van der Waals surface area contributed by atoms with E-state index in [0.717, 1.165) is 27.8 Å². The summed E-state index contributed by atoms with van der Waals surface area (Å²) in [5, 5.41) is 17.7. The van der Waals surface area contributed by atoms with Gasteiger partial charge in [0.1, 0.15) is 6.04 Å². The highest BCUT2D eigenvalue weighted by atomic mass is 19.4. The molecule has 1 fully saturated rings. The molecule has 0 N–H and O–H groups in total. The second-order valence-corrected chi connectivity index (χ2v) is 6.06. The van der Waals surface area contributed by atoms with E-state index in [9.17, 15) is 23.2 Å². The van der Waals surface area contributed by atoms with Gasteiger partial charge in [-0.2, -0.15) is 18.4 Å². The van der Waals surface area contributed by atoms with E-state index < -0.39 is 23.9 Å². The standard InChI is InChI=1S/C18H11F3N6O/c19-18(20,21)15-5-6-16(25-24-15)26-10-12(7-22)27(17(26)28)14-9-23-8-11-3-1-2-4-13(11)14/h1-6,8-9,12H,10H2. The highest BCUT2D eigenvalue weighted by Crippen LogP contribution is 2.33. The fourth-order valence-electron chi connectivity index (χ4n) is 3.07. The monoisotopic (exact) mass is 384 g/mol. The fraction of sp³-hybridized carbons (Fsp3) is 0.167. The molecule has 0 bridgehead atoms. The second-order valence-electron chi connectivity index (χ2n) is 6.06. The van der Waals surface area contributed by atoms with Crippen LogP contribution in [0.2, 0.25) is 0 Å². The van der Waals surface area contributed by atoms with Crippen LogP contribution in [0.15, 0.2) is 48.8 Å². The molecular formula is C18H11F3N6O. The van der Waals surface area contributed by atoms with Crippen LogP contribution in [-0.2, 0) is 6.18 Å². The van der Waals surface area contributed by atoms with Crippen molar-refractivity contribution in [1.29, 1.82) is 5.26 Å². The molecule has 28 heavy (non-hydrogen) atoms. The number of aromatic nitrogens is 3. The molecule has 0 spiro atoms. The third-order valence-corrected chi connectivity index (χ3v) is 4.38. The van der Waals surface area contributed by atoms with Gasteiger partial charge in [0, 0.05) is 17.0 Å². The Morgan fingerprint density at radius 1 is 1.11 bits per heavy atom. The van der Waals surface area contributed by atoms with Crippen LogP contribution < -0.4 is 9.80 Å². The van der Waals surface area contributed by atoms with Gasteiger partial charge in [-0.25, -0.2) is 4.79 Å². The van der Waals surface area contributed by atoms with Crippen molar-refractivity contribution in [2.75, 3.05) is 16.3 Å². The predicted molar refractivity (Wildman–Crippen MR) is 93.4 cm³/mol. The van der Waals surface area contributed by atoms with E-state index in [0.29, 0.717) is 5.69 Å². The van der Waals surface area contributed by atoms with Crippen molar-refractivity contribution < 1.29 is 18.0 Å². The molecule has 0 aliphatic carbocycles. The van der Waals surface area contributed by atoms with E-state index in [1.54, 1.807) is 18.3 Å². The number of amides is 2. The number of benzene rings is 1. The molecule has 1 saturated heterocycles. The first kappa shape index (κ1) is 17.7. The molecule has 0 saturated carbocycles. The number of anilines is 2. The van der Waals surface area contributed by atoms with E-state index in [1.807, 2.05) is 12.1 Å². The molecule has 1 aromatic carbocycles. The molecule has 1 aliphatic heterocycles. The molecule has 7 nitrogen and oxygen atoms in total. The number of carbonyl (C=O) groups is 1. The molecule has 3 aromatic rings. The minimum absolute atomic E-state index is 0.0569. The van der Waals surface area contributed by atoms with Gasteiger partial charge in [-0.05, 0) is 12.1 Å². The van der Waals surface area contributed by atoms with Crippen LogP contribution >= 0.6 is 0 Å². The molecular weight excluding hydrogens is 373 g/mol. The van der Waals surface area contributed by atoms with Gasteiger partial charge in [0.2, 0.25) is 0 Å². The molecule has 2 aromatic heterocycles. The number of alkyl halides is 3. The van der Waals surface area contributed by atoms with Crippen molar-refractivity contribution in [1.82, 2.24) is 15.2 Å². The second kappa shape index (κ2) is 6.45. The van der Waals surface area contributed by atoms with Crippen molar-refractivity contribution in [3.63, 3.8) is 0 Å². The van der Waals surface area contributed by atoms with Crippen LogP contribution in [0.4, 0.5) is 29.5 Å². The summed E-state index contributed by atoms with van der Waals surface area (Å²) in [5.41, 5.74) is -0.716. The number of pyridine rings is 1. The summed E-state index contributed by atoms with van der Waals surface area (Å²) in [6, 6.07) is 9.67. The smallest absolute Gasteiger partial charge is 0.273 e. The molecule has 0 radical (unpaired) electrons. The molecule has 1 atom stereocenters. The average Bonchev–Trinajstić information content (AvgIpc) is 3.03. The van der Waals surface area contributed by atoms with Crippen molar-refractivity contribution in [3.05, 3.63) is 54.5 Å². The van der Waals surface area contributed by atoms with E-state index in [1.165, 1.54) is 11.1 Å². The van der Waals surface area contributed by atoms with Crippen LogP contribution in [0.3, 0.4) is 0 Å². The largest absolute Gasteiger partial charge is 0.435 e. The highest BCUT2D eigenvalue weighted by Gasteiger charge is 2.41. The minimum atomic E-state index is -4.63. The number of urea groups is 1. The lowest BCUT2D eigenvalue weighted by atomic mass is 10.1. The molecule has 2 amide bonds. The van der Waals surface area contributed by atoms with Crippen molar-refractivity contribution in [3.8, 4) is 6.07 Å². The third kappa shape index (κ3) is 2.87.